The van der Waals surface area contributed by atoms with Crippen LogP contribution >= 0.6 is 24.0 Å². The Balaban J connectivity index is 1.68. The summed E-state index contributed by atoms with van der Waals surface area (Å²) in [5.41, 5.74) is 0. The van der Waals surface area contributed by atoms with Crippen molar-refractivity contribution in [3.05, 3.63) is 0 Å². The van der Waals surface area contributed by atoms with Crippen LogP contribution in [0.5, 0.6) is 0 Å². The number of thiocarbonyl (C=S) groups is 1. The zero-order valence-electron chi connectivity index (χ0n) is 10.9. The predicted octanol–water partition coefficient (Wildman–Crippen LogP) is 0.920. The van der Waals surface area contributed by atoms with E-state index in [0.29, 0.717) is 17.4 Å². The molecule has 7 heteroatoms. The number of hydrogen-bond acceptors (Lipinski definition) is 5. The van der Waals surface area contributed by atoms with E-state index in [9.17, 15) is 9.59 Å². The maximum atomic E-state index is 11.8. The van der Waals surface area contributed by atoms with Crippen molar-refractivity contribution < 1.29 is 14.3 Å². The molecular weight excluding hydrogens is 284 g/mol. The van der Waals surface area contributed by atoms with Crippen LogP contribution in [0.3, 0.4) is 0 Å². The molecule has 0 aliphatic carbocycles. The SMILES string of the molecule is CC1SC(=S)N(CCC(=O)NCC2CCCO2)C1=O. The minimum atomic E-state index is -0.123. The van der Waals surface area contributed by atoms with Crippen LogP contribution in [0.4, 0.5) is 0 Å². The van der Waals surface area contributed by atoms with Gasteiger partial charge in [0.15, 0.2) is 0 Å². The molecule has 0 radical (unpaired) electrons. The zero-order chi connectivity index (χ0) is 13.8. The van der Waals surface area contributed by atoms with E-state index in [1.54, 1.807) is 0 Å². The first-order valence-corrected chi connectivity index (χ1v) is 7.77. The van der Waals surface area contributed by atoms with Crippen LogP contribution in [0.25, 0.3) is 0 Å². The second-order valence-electron chi connectivity index (χ2n) is 4.70. The first-order valence-electron chi connectivity index (χ1n) is 6.48. The number of nitrogens with zero attached hydrogens (tertiary/aromatic N) is 1. The molecule has 1 N–H and O–H groups in total. The van der Waals surface area contributed by atoms with E-state index in [0.717, 1.165) is 19.4 Å². The minimum absolute atomic E-state index is 0.00178. The van der Waals surface area contributed by atoms with E-state index in [1.807, 2.05) is 6.92 Å². The molecule has 0 aromatic rings. The Morgan fingerprint density at radius 1 is 1.63 bits per heavy atom. The maximum absolute atomic E-state index is 11.8. The molecule has 106 valence electrons. The van der Waals surface area contributed by atoms with E-state index in [1.165, 1.54) is 16.7 Å². The quantitative estimate of drug-likeness (QED) is 0.765. The average Bonchev–Trinajstić information content (AvgIpc) is 2.96. The molecule has 2 saturated heterocycles. The summed E-state index contributed by atoms with van der Waals surface area (Å²) in [6.07, 6.45) is 2.50. The van der Waals surface area contributed by atoms with Crippen molar-refractivity contribution in [1.29, 1.82) is 0 Å². The number of hydrogen-bond donors (Lipinski definition) is 1. The normalized spacial score (nSPS) is 27.1. The van der Waals surface area contributed by atoms with E-state index in [-0.39, 0.29) is 29.6 Å². The van der Waals surface area contributed by atoms with E-state index >= 15 is 0 Å². The maximum Gasteiger partial charge on any atom is 0.241 e. The summed E-state index contributed by atoms with van der Waals surface area (Å²) < 4.78 is 6.00. The molecule has 2 atom stereocenters. The Bertz CT molecular complexity index is 383. The van der Waals surface area contributed by atoms with Crippen molar-refractivity contribution in [3.8, 4) is 0 Å². The van der Waals surface area contributed by atoms with Gasteiger partial charge in [0.1, 0.15) is 4.32 Å². The van der Waals surface area contributed by atoms with Crippen LogP contribution in [0.1, 0.15) is 26.2 Å². The van der Waals surface area contributed by atoms with Gasteiger partial charge >= 0.3 is 0 Å². The highest BCUT2D eigenvalue weighted by Crippen LogP contribution is 2.26. The molecule has 2 heterocycles. The van der Waals surface area contributed by atoms with Crippen molar-refractivity contribution in [2.75, 3.05) is 19.7 Å². The zero-order valence-corrected chi connectivity index (χ0v) is 12.5. The lowest BCUT2D eigenvalue weighted by Crippen LogP contribution is -2.37. The summed E-state index contributed by atoms with van der Waals surface area (Å²) in [6.45, 7) is 3.54. The molecule has 2 unspecified atom stereocenters. The highest BCUT2D eigenvalue weighted by atomic mass is 32.2. The molecule has 2 aliphatic rings. The highest BCUT2D eigenvalue weighted by Gasteiger charge is 2.33. The highest BCUT2D eigenvalue weighted by molar-refractivity contribution is 8.24. The summed E-state index contributed by atoms with van der Waals surface area (Å²) >= 11 is 6.49. The summed E-state index contributed by atoms with van der Waals surface area (Å²) in [4.78, 5) is 25.0. The number of carbonyl (C=O) groups excluding carboxylic acids is 2. The second-order valence-corrected chi connectivity index (χ2v) is 6.68. The Hall–Kier alpha value is -0.660. The van der Waals surface area contributed by atoms with Gasteiger partial charge in [0.2, 0.25) is 11.8 Å². The summed E-state index contributed by atoms with van der Waals surface area (Å²) in [5.74, 6) is -0.0578. The van der Waals surface area contributed by atoms with E-state index < -0.39 is 0 Å². The largest absolute Gasteiger partial charge is 0.376 e. The van der Waals surface area contributed by atoms with Crippen molar-refractivity contribution in [2.24, 2.45) is 0 Å². The smallest absolute Gasteiger partial charge is 0.241 e. The molecule has 2 fully saturated rings. The van der Waals surface area contributed by atoms with Crippen LogP contribution in [0.15, 0.2) is 0 Å². The summed E-state index contributed by atoms with van der Waals surface area (Å²) in [7, 11) is 0. The van der Waals surface area contributed by atoms with Crippen molar-refractivity contribution in [2.45, 2.75) is 37.5 Å². The number of rotatable bonds is 5. The molecule has 0 bridgehead atoms. The number of thioether (sulfide) groups is 1. The molecule has 0 saturated carbocycles. The van der Waals surface area contributed by atoms with Crippen LogP contribution in [0, 0.1) is 0 Å². The molecule has 2 rings (SSSR count). The fourth-order valence-corrected chi connectivity index (χ4v) is 3.56. The van der Waals surface area contributed by atoms with Crippen molar-refractivity contribution in [1.82, 2.24) is 10.2 Å². The lowest BCUT2D eigenvalue weighted by atomic mass is 10.2. The number of amides is 2. The monoisotopic (exact) mass is 302 g/mol. The van der Waals surface area contributed by atoms with Gasteiger partial charge in [0, 0.05) is 26.1 Å². The Kier molecular flexibility index (Phi) is 5.18. The molecule has 0 aromatic heterocycles. The molecule has 0 aromatic carbocycles. The van der Waals surface area contributed by atoms with E-state index in [2.05, 4.69) is 5.32 Å². The lowest BCUT2D eigenvalue weighted by molar-refractivity contribution is -0.126. The molecule has 0 spiro atoms. The fraction of sp³-hybridized carbons (Fsp3) is 0.750. The van der Waals surface area contributed by atoms with Gasteiger partial charge in [-0.25, -0.2) is 0 Å². The van der Waals surface area contributed by atoms with Crippen LogP contribution < -0.4 is 5.32 Å². The lowest BCUT2D eigenvalue weighted by Gasteiger charge is -2.15. The first kappa shape index (κ1) is 14.7. The van der Waals surface area contributed by atoms with Gasteiger partial charge in [0.25, 0.3) is 0 Å². The van der Waals surface area contributed by atoms with Crippen molar-refractivity contribution in [3.63, 3.8) is 0 Å². The van der Waals surface area contributed by atoms with Crippen LogP contribution in [-0.2, 0) is 14.3 Å². The fourth-order valence-electron chi connectivity index (χ4n) is 2.11. The van der Waals surface area contributed by atoms with E-state index in [4.69, 9.17) is 17.0 Å². The minimum Gasteiger partial charge on any atom is -0.376 e. The topological polar surface area (TPSA) is 58.6 Å². The number of nitrogens with one attached hydrogen (secondary N) is 1. The van der Waals surface area contributed by atoms with Gasteiger partial charge in [0.05, 0.1) is 11.4 Å². The predicted molar refractivity (Wildman–Crippen MR) is 78.0 cm³/mol. The molecular formula is C12H18N2O3S2. The average molecular weight is 302 g/mol. The Morgan fingerprint density at radius 3 is 3.00 bits per heavy atom. The molecule has 2 amide bonds. The van der Waals surface area contributed by atoms with Gasteiger partial charge in [-0.3, -0.25) is 14.5 Å². The molecule has 5 nitrogen and oxygen atoms in total. The second kappa shape index (κ2) is 6.67. The van der Waals surface area contributed by atoms with Gasteiger partial charge in [-0.15, -0.1) is 0 Å². The molecule has 19 heavy (non-hydrogen) atoms. The van der Waals surface area contributed by atoms with Crippen molar-refractivity contribution >= 4 is 40.1 Å². The summed E-state index contributed by atoms with van der Waals surface area (Å²) in [6, 6.07) is 0. The number of ether oxygens (including phenoxy) is 1. The standard InChI is InChI=1S/C12H18N2O3S2/c1-8-11(16)14(12(18)19-8)5-4-10(15)13-7-9-3-2-6-17-9/h8-9H,2-7H2,1H3,(H,13,15). The van der Waals surface area contributed by atoms with Gasteiger partial charge < -0.3 is 10.1 Å². The summed E-state index contributed by atoms with van der Waals surface area (Å²) in [5, 5.41) is 2.71. The third-order valence-electron chi connectivity index (χ3n) is 3.23. The van der Waals surface area contributed by atoms with Gasteiger partial charge in [-0.2, -0.15) is 0 Å². The Labute approximate surface area is 122 Å². The third kappa shape index (κ3) is 3.90. The van der Waals surface area contributed by atoms with Crippen LogP contribution in [-0.4, -0.2) is 52.1 Å². The number of carbonyl (C=O) groups is 2. The Morgan fingerprint density at radius 2 is 2.42 bits per heavy atom. The van der Waals surface area contributed by atoms with Gasteiger partial charge in [-0.1, -0.05) is 24.0 Å². The first-order chi connectivity index (χ1) is 9.08. The molecule has 2 aliphatic heterocycles. The third-order valence-corrected chi connectivity index (χ3v) is 4.71. The van der Waals surface area contributed by atoms with Crippen LogP contribution in [0.2, 0.25) is 0 Å². The van der Waals surface area contributed by atoms with Gasteiger partial charge in [-0.05, 0) is 19.8 Å².